The molecular weight excluding hydrogens is 252 g/mol. The van der Waals surface area contributed by atoms with E-state index in [1.807, 2.05) is 24.3 Å². The normalized spacial score (nSPS) is 16.6. The van der Waals surface area contributed by atoms with Crippen LogP contribution >= 0.6 is 11.6 Å². The summed E-state index contributed by atoms with van der Waals surface area (Å²) in [7, 11) is 0. The smallest absolute Gasteiger partial charge is 0.193 e. The minimum Gasteiger partial charge on any atom is -0.490 e. The van der Waals surface area contributed by atoms with Gasteiger partial charge in [-0.05, 0) is 54.3 Å². The number of furan rings is 1. The Hall–Kier alpha value is -1.45. The van der Waals surface area contributed by atoms with Crippen LogP contribution in [0.15, 0.2) is 40.8 Å². The lowest BCUT2D eigenvalue weighted by Crippen LogP contribution is -1.99. The summed E-state index contributed by atoms with van der Waals surface area (Å²) in [4.78, 5) is 0. The number of hydrogen-bond donors (Lipinski definition) is 1. The third-order valence-corrected chi connectivity index (χ3v) is 3.09. The first-order valence-electron chi connectivity index (χ1n) is 5.92. The second-order valence-electron chi connectivity index (χ2n) is 4.43. The van der Waals surface area contributed by atoms with Crippen LogP contribution in [0.5, 0.6) is 5.75 Å². The lowest BCUT2D eigenvalue weighted by Gasteiger charge is -2.09. The molecular formula is C14H13ClO3. The maximum Gasteiger partial charge on any atom is 0.193 e. The monoisotopic (exact) mass is 264 g/mol. The average Bonchev–Trinajstić information content (AvgIpc) is 3.09. The quantitative estimate of drug-likeness (QED) is 0.918. The van der Waals surface area contributed by atoms with E-state index in [0.29, 0.717) is 11.9 Å². The Morgan fingerprint density at radius 1 is 1.17 bits per heavy atom. The average molecular weight is 265 g/mol. The molecule has 0 bridgehead atoms. The lowest BCUT2D eigenvalue weighted by molar-refractivity contribution is 0.189. The Morgan fingerprint density at radius 2 is 1.89 bits per heavy atom. The highest BCUT2D eigenvalue weighted by Crippen LogP contribution is 2.29. The van der Waals surface area contributed by atoms with Gasteiger partial charge in [0.25, 0.3) is 0 Å². The fraction of sp³-hybridized carbons (Fsp3) is 0.286. The van der Waals surface area contributed by atoms with Gasteiger partial charge in [-0.3, -0.25) is 0 Å². The molecule has 0 saturated heterocycles. The van der Waals surface area contributed by atoms with Gasteiger partial charge in [-0.1, -0.05) is 12.1 Å². The molecule has 1 unspecified atom stereocenters. The highest BCUT2D eigenvalue weighted by Gasteiger charge is 2.23. The van der Waals surface area contributed by atoms with Crippen LogP contribution in [0.4, 0.5) is 0 Å². The van der Waals surface area contributed by atoms with Gasteiger partial charge in [-0.2, -0.15) is 0 Å². The van der Waals surface area contributed by atoms with Crippen LogP contribution in [0.2, 0.25) is 5.22 Å². The molecule has 1 N–H and O–H groups in total. The molecule has 4 heteroatoms. The molecule has 0 amide bonds. The van der Waals surface area contributed by atoms with E-state index in [2.05, 4.69) is 0 Å². The third-order valence-electron chi connectivity index (χ3n) is 2.89. The van der Waals surface area contributed by atoms with E-state index in [-0.39, 0.29) is 5.22 Å². The van der Waals surface area contributed by atoms with Gasteiger partial charge in [0.15, 0.2) is 5.22 Å². The Kier molecular flexibility index (Phi) is 3.02. The predicted molar refractivity (Wildman–Crippen MR) is 67.9 cm³/mol. The summed E-state index contributed by atoms with van der Waals surface area (Å²) < 4.78 is 10.8. The third kappa shape index (κ3) is 2.52. The number of ether oxygens (including phenoxy) is 1. The molecule has 1 heterocycles. The van der Waals surface area contributed by atoms with Gasteiger partial charge in [0.05, 0.1) is 6.10 Å². The molecule has 1 aliphatic carbocycles. The Morgan fingerprint density at radius 3 is 2.44 bits per heavy atom. The summed E-state index contributed by atoms with van der Waals surface area (Å²) in [6.07, 6.45) is 1.85. The second kappa shape index (κ2) is 4.67. The number of hydrogen-bond acceptors (Lipinski definition) is 3. The fourth-order valence-electron chi connectivity index (χ4n) is 1.75. The summed E-state index contributed by atoms with van der Waals surface area (Å²) in [5.74, 6) is 1.28. The van der Waals surface area contributed by atoms with E-state index in [0.717, 1.165) is 24.2 Å². The van der Waals surface area contributed by atoms with Crippen LogP contribution in [0.25, 0.3) is 0 Å². The highest BCUT2D eigenvalue weighted by molar-refractivity contribution is 6.28. The van der Waals surface area contributed by atoms with E-state index < -0.39 is 6.10 Å². The number of halogens is 1. The first-order chi connectivity index (χ1) is 8.72. The summed E-state index contributed by atoms with van der Waals surface area (Å²) in [6, 6.07) is 10.7. The zero-order chi connectivity index (χ0) is 12.5. The van der Waals surface area contributed by atoms with Crippen molar-refractivity contribution in [2.75, 3.05) is 0 Å². The molecule has 3 nitrogen and oxygen atoms in total. The van der Waals surface area contributed by atoms with Gasteiger partial charge in [-0.25, -0.2) is 0 Å². The zero-order valence-corrected chi connectivity index (χ0v) is 10.4. The molecule has 1 atom stereocenters. The number of benzene rings is 1. The Balaban J connectivity index is 1.74. The van der Waals surface area contributed by atoms with E-state index in [4.69, 9.17) is 20.8 Å². The van der Waals surface area contributed by atoms with Crippen molar-refractivity contribution < 1.29 is 14.3 Å². The molecule has 0 aliphatic heterocycles. The minimum absolute atomic E-state index is 0.276. The Labute approximate surface area is 110 Å². The molecule has 0 spiro atoms. The van der Waals surface area contributed by atoms with Gasteiger partial charge in [0.2, 0.25) is 0 Å². The van der Waals surface area contributed by atoms with Crippen LogP contribution in [0.1, 0.15) is 30.3 Å². The molecule has 1 aliphatic rings. The summed E-state index contributed by atoms with van der Waals surface area (Å²) in [5, 5.41) is 10.4. The van der Waals surface area contributed by atoms with E-state index in [9.17, 15) is 5.11 Å². The number of rotatable bonds is 4. The molecule has 2 aromatic rings. The summed E-state index contributed by atoms with van der Waals surface area (Å²) >= 11 is 5.68. The van der Waals surface area contributed by atoms with Crippen molar-refractivity contribution in [3.05, 3.63) is 52.9 Å². The van der Waals surface area contributed by atoms with E-state index in [1.165, 1.54) is 0 Å². The van der Waals surface area contributed by atoms with Gasteiger partial charge in [0, 0.05) is 0 Å². The fourth-order valence-corrected chi connectivity index (χ4v) is 1.90. The van der Waals surface area contributed by atoms with Crippen molar-refractivity contribution in [2.45, 2.75) is 25.0 Å². The molecule has 18 heavy (non-hydrogen) atoms. The zero-order valence-electron chi connectivity index (χ0n) is 9.67. The van der Waals surface area contributed by atoms with Crippen LogP contribution in [0, 0.1) is 0 Å². The highest BCUT2D eigenvalue weighted by atomic mass is 35.5. The molecule has 1 fully saturated rings. The standard InChI is InChI=1S/C14H13ClO3/c15-13-8-7-12(18-13)14(16)9-1-3-10(4-2-9)17-11-5-6-11/h1-4,7-8,11,14,16H,5-6H2. The first-order valence-corrected chi connectivity index (χ1v) is 6.30. The number of aliphatic hydroxyl groups is 1. The molecule has 1 aromatic carbocycles. The van der Waals surface area contributed by atoms with E-state index >= 15 is 0 Å². The van der Waals surface area contributed by atoms with Gasteiger partial charge in [-0.15, -0.1) is 0 Å². The van der Waals surface area contributed by atoms with Crippen molar-refractivity contribution in [3.8, 4) is 5.75 Å². The Bertz CT molecular complexity index is 528. The molecule has 3 rings (SSSR count). The largest absolute Gasteiger partial charge is 0.490 e. The molecule has 1 aromatic heterocycles. The lowest BCUT2D eigenvalue weighted by atomic mass is 10.1. The number of aliphatic hydroxyl groups excluding tert-OH is 1. The van der Waals surface area contributed by atoms with Crippen molar-refractivity contribution >= 4 is 11.6 Å². The van der Waals surface area contributed by atoms with Crippen LogP contribution in [0.3, 0.4) is 0 Å². The van der Waals surface area contributed by atoms with Crippen LogP contribution in [-0.2, 0) is 0 Å². The molecule has 1 saturated carbocycles. The van der Waals surface area contributed by atoms with Crippen molar-refractivity contribution in [1.29, 1.82) is 0 Å². The van der Waals surface area contributed by atoms with Crippen molar-refractivity contribution in [3.63, 3.8) is 0 Å². The SMILES string of the molecule is OC(c1ccc(OC2CC2)cc1)c1ccc(Cl)o1. The summed E-state index contributed by atoms with van der Waals surface area (Å²) in [6.45, 7) is 0. The van der Waals surface area contributed by atoms with Gasteiger partial charge < -0.3 is 14.3 Å². The van der Waals surface area contributed by atoms with E-state index in [1.54, 1.807) is 12.1 Å². The van der Waals surface area contributed by atoms with Gasteiger partial charge in [0.1, 0.15) is 17.6 Å². The maximum atomic E-state index is 10.1. The van der Waals surface area contributed by atoms with Crippen LogP contribution < -0.4 is 4.74 Å². The van der Waals surface area contributed by atoms with Crippen molar-refractivity contribution in [2.24, 2.45) is 0 Å². The first kappa shape index (κ1) is 11.6. The predicted octanol–water partition coefficient (Wildman–Crippen LogP) is 3.56. The topological polar surface area (TPSA) is 42.6 Å². The maximum absolute atomic E-state index is 10.1. The minimum atomic E-state index is -0.799. The van der Waals surface area contributed by atoms with Gasteiger partial charge >= 0.3 is 0 Å². The molecule has 0 radical (unpaired) electrons. The van der Waals surface area contributed by atoms with Crippen molar-refractivity contribution in [1.82, 2.24) is 0 Å². The summed E-state index contributed by atoms with van der Waals surface area (Å²) in [5.41, 5.74) is 0.754. The molecule has 94 valence electrons. The second-order valence-corrected chi connectivity index (χ2v) is 4.80. The van der Waals surface area contributed by atoms with Crippen LogP contribution in [-0.4, -0.2) is 11.2 Å².